The minimum absolute atomic E-state index is 0.0583. The molecule has 9 rings (SSSR count). The Morgan fingerprint density at radius 1 is 1.05 bits per heavy atom. The summed E-state index contributed by atoms with van der Waals surface area (Å²) in [7, 11) is 0. The molecule has 0 unspecified atom stereocenters. The molecule has 5 bridgehead atoms. The molecular weight excluding hydrogens is 496 g/mol. The van der Waals surface area contributed by atoms with E-state index in [1.165, 1.54) is 0 Å². The molecule has 0 radical (unpaired) electrons. The average molecular weight is 527 g/mol. The van der Waals surface area contributed by atoms with Crippen LogP contribution in [0.15, 0.2) is 12.2 Å². The van der Waals surface area contributed by atoms with Gasteiger partial charge >= 0.3 is 11.9 Å². The van der Waals surface area contributed by atoms with Crippen molar-refractivity contribution in [1.82, 2.24) is 0 Å². The highest BCUT2D eigenvalue weighted by Crippen LogP contribution is 2.77. The standard InChI is InChI=1S/C28H30O10/c1-22-10-17-24(3)28-18(22)19(30)27(38-28,34-11-14(22)20(31)35-17)13-9-16-26(36-16)7-4-5-15(29)23(26,2)12(13)6-8-25(28,33)21(32)37-24/h4-5,12-14,16-18,33H,6-11H2,1-3H3/t12-,13-,14-,16-,17+,18-,22+,23+,24-,25+,26+,27+,28-/m1/s1. The van der Waals surface area contributed by atoms with E-state index in [9.17, 15) is 24.3 Å². The summed E-state index contributed by atoms with van der Waals surface area (Å²) < 4.78 is 31.5. The number of carbonyl (C=O) groups excluding carboxylic acids is 4. The minimum Gasteiger partial charge on any atom is -0.458 e. The third kappa shape index (κ3) is 1.79. The molecule has 3 spiro atoms. The lowest BCUT2D eigenvalue weighted by Gasteiger charge is -2.63. The number of fused-ring (bicyclic) bond motifs is 4. The maximum atomic E-state index is 14.9. The number of ketones is 2. The van der Waals surface area contributed by atoms with Gasteiger partial charge in [-0.25, -0.2) is 4.79 Å². The van der Waals surface area contributed by atoms with Gasteiger partial charge in [0, 0.05) is 5.92 Å². The number of hydrogen-bond acceptors (Lipinski definition) is 10. The molecule has 10 heteroatoms. The molecular formula is C28H30O10. The van der Waals surface area contributed by atoms with Crippen LogP contribution >= 0.6 is 0 Å². The molecule has 6 aliphatic heterocycles. The third-order valence-electron chi connectivity index (χ3n) is 12.9. The fourth-order valence-electron chi connectivity index (χ4n) is 10.9. The van der Waals surface area contributed by atoms with Crippen molar-refractivity contribution in [2.24, 2.45) is 34.5 Å². The van der Waals surface area contributed by atoms with Gasteiger partial charge in [0.05, 0.1) is 30.0 Å². The van der Waals surface area contributed by atoms with E-state index in [1.54, 1.807) is 13.0 Å². The van der Waals surface area contributed by atoms with Crippen LogP contribution in [-0.2, 0) is 42.9 Å². The molecule has 3 aliphatic carbocycles. The van der Waals surface area contributed by atoms with Gasteiger partial charge in [0.2, 0.25) is 5.79 Å². The number of hydrogen-bond donors (Lipinski definition) is 1. The van der Waals surface area contributed by atoms with Crippen LogP contribution in [0.4, 0.5) is 0 Å². The van der Waals surface area contributed by atoms with E-state index in [-0.39, 0.29) is 43.5 Å². The smallest absolute Gasteiger partial charge is 0.342 e. The van der Waals surface area contributed by atoms with E-state index in [4.69, 9.17) is 23.7 Å². The van der Waals surface area contributed by atoms with Gasteiger partial charge in [0.15, 0.2) is 28.4 Å². The van der Waals surface area contributed by atoms with Gasteiger partial charge in [0.25, 0.3) is 0 Å². The Labute approximate surface area is 218 Å². The van der Waals surface area contributed by atoms with Crippen molar-refractivity contribution in [3.63, 3.8) is 0 Å². The molecule has 9 aliphatic rings. The summed E-state index contributed by atoms with van der Waals surface area (Å²) in [5.41, 5.74) is -8.23. The summed E-state index contributed by atoms with van der Waals surface area (Å²) in [5, 5.41) is 12.4. The van der Waals surface area contributed by atoms with E-state index in [0.29, 0.717) is 12.8 Å². The zero-order valence-corrected chi connectivity index (χ0v) is 21.5. The van der Waals surface area contributed by atoms with Gasteiger partial charge in [-0.2, -0.15) is 0 Å². The van der Waals surface area contributed by atoms with Gasteiger partial charge in [0.1, 0.15) is 11.7 Å². The minimum atomic E-state index is -2.19. The van der Waals surface area contributed by atoms with Crippen LogP contribution in [0.2, 0.25) is 0 Å². The van der Waals surface area contributed by atoms with E-state index in [2.05, 4.69) is 0 Å². The molecule has 6 heterocycles. The molecule has 6 saturated heterocycles. The van der Waals surface area contributed by atoms with Gasteiger partial charge in [-0.3, -0.25) is 14.4 Å². The fraction of sp³-hybridized carbons (Fsp3) is 0.786. The number of aliphatic hydroxyl groups is 1. The van der Waals surface area contributed by atoms with E-state index >= 15 is 0 Å². The lowest BCUT2D eigenvalue weighted by Crippen LogP contribution is -2.79. The molecule has 0 amide bonds. The van der Waals surface area contributed by atoms with Crippen LogP contribution in [0, 0.1) is 34.5 Å². The highest BCUT2D eigenvalue weighted by Gasteiger charge is 2.94. The quantitative estimate of drug-likeness (QED) is 0.356. The number of epoxide rings is 1. The Kier molecular flexibility index (Phi) is 3.47. The van der Waals surface area contributed by atoms with Crippen molar-refractivity contribution < 1.29 is 48.0 Å². The second kappa shape index (κ2) is 5.82. The molecule has 10 nitrogen and oxygen atoms in total. The fourth-order valence-corrected chi connectivity index (χ4v) is 10.9. The van der Waals surface area contributed by atoms with E-state index < -0.39 is 80.7 Å². The number of ether oxygens (including phenoxy) is 5. The van der Waals surface area contributed by atoms with Gasteiger partial charge in [-0.1, -0.05) is 13.0 Å². The first kappa shape index (κ1) is 22.7. The lowest BCUT2D eigenvalue weighted by atomic mass is 9.46. The van der Waals surface area contributed by atoms with Gasteiger partial charge in [-0.05, 0) is 63.4 Å². The van der Waals surface area contributed by atoms with Crippen LogP contribution in [-0.4, -0.2) is 75.6 Å². The van der Waals surface area contributed by atoms with Gasteiger partial charge < -0.3 is 28.8 Å². The zero-order chi connectivity index (χ0) is 26.5. The monoisotopic (exact) mass is 526 g/mol. The maximum Gasteiger partial charge on any atom is 0.342 e. The van der Waals surface area contributed by atoms with Crippen LogP contribution in [0.1, 0.15) is 52.9 Å². The van der Waals surface area contributed by atoms with Crippen molar-refractivity contribution in [3.05, 3.63) is 12.2 Å². The third-order valence-corrected chi connectivity index (χ3v) is 12.9. The Balaban J connectivity index is 1.34. The summed E-state index contributed by atoms with van der Waals surface area (Å²) in [6.07, 6.45) is 3.82. The Morgan fingerprint density at radius 2 is 1.84 bits per heavy atom. The number of Topliss-reactive ketones (excluding diaryl/α,β-unsaturated/α-hetero) is 1. The highest BCUT2D eigenvalue weighted by atomic mass is 16.8. The predicted octanol–water partition coefficient (Wildman–Crippen LogP) is 0.768. The summed E-state index contributed by atoms with van der Waals surface area (Å²) in [5.74, 6) is -6.56. The van der Waals surface area contributed by atoms with E-state index in [1.807, 2.05) is 19.9 Å². The first-order valence-electron chi connectivity index (χ1n) is 13.8. The number of rotatable bonds is 0. The van der Waals surface area contributed by atoms with Crippen molar-refractivity contribution in [2.45, 2.75) is 93.3 Å². The summed E-state index contributed by atoms with van der Waals surface area (Å²) in [6, 6.07) is 0. The Hall–Kier alpha value is -2.14. The molecule has 0 aromatic heterocycles. The molecule has 0 aromatic carbocycles. The normalized spacial score (nSPS) is 64.1. The molecule has 0 aromatic rings. The second-order valence-electron chi connectivity index (χ2n) is 13.8. The van der Waals surface area contributed by atoms with Crippen LogP contribution in [0.25, 0.3) is 0 Å². The van der Waals surface area contributed by atoms with Crippen molar-refractivity contribution in [1.29, 1.82) is 0 Å². The maximum absolute atomic E-state index is 14.9. The molecule has 38 heavy (non-hydrogen) atoms. The molecule has 13 atom stereocenters. The molecule has 1 N–H and O–H groups in total. The summed E-state index contributed by atoms with van der Waals surface area (Å²) in [6.45, 7) is 5.27. The summed E-state index contributed by atoms with van der Waals surface area (Å²) in [4.78, 5) is 55.6. The average Bonchev–Trinajstić information content (AvgIpc) is 3.45. The molecule has 8 fully saturated rings. The van der Waals surface area contributed by atoms with Crippen molar-refractivity contribution in [3.8, 4) is 0 Å². The number of allylic oxidation sites excluding steroid dienone is 1. The van der Waals surface area contributed by atoms with Crippen LogP contribution in [0.5, 0.6) is 0 Å². The zero-order valence-electron chi connectivity index (χ0n) is 21.5. The summed E-state index contributed by atoms with van der Waals surface area (Å²) >= 11 is 0. The molecule has 202 valence electrons. The first-order chi connectivity index (χ1) is 17.9. The largest absolute Gasteiger partial charge is 0.458 e. The number of esters is 2. The van der Waals surface area contributed by atoms with Crippen molar-refractivity contribution >= 4 is 23.5 Å². The number of carbonyl (C=O) groups is 4. The lowest BCUT2D eigenvalue weighted by molar-refractivity contribution is -0.375. The Bertz CT molecular complexity index is 1340. The topological polar surface area (TPSA) is 138 Å². The van der Waals surface area contributed by atoms with E-state index in [0.717, 1.165) is 0 Å². The SMILES string of the molecule is C[C@]12C[C@@H]3OC(=O)[C@H]1CO[C@@]14O[C@@]5([C@@H]2C1=O)[C@](O)(CC[C@@H]1[C@H]4C[C@H]2O[C@@]24CC=CC(=O)[C@]14C)C(=O)O[C@]35C. The van der Waals surface area contributed by atoms with Crippen molar-refractivity contribution in [2.75, 3.05) is 6.61 Å². The molecule has 2 saturated carbocycles. The first-order valence-corrected chi connectivity index (χ1v) is 13.8. The predicted molar refractivity (Wildman–Crippen MR) is 122 cm³/mol. The second-order valence-corrected chi connectivity index (χ2v) is 13.8. The van der Waals surface area contributed by atoms with Crippen LogP contribution < -0.4 is 0 Å². The van der Waals surface area contributed by atoms with Crippen LogP contribution in [0.3, 0.4) is 0 Å². The van der Waals surface area contributed by atoms with Gasteiger partial charge in [-0.15, -0.1) is 0 Å². The highest BCUT2D eigenvalue weighted by molar-refractivity contribution is 6.00. The Morgan fingerprint density at radius 3 is 2.63 bits per heavy atom.